The summed E-state index contributed by atoms with van der Waals surface area (Å²) in [5, 5.41) is 0. The summed E-state index contributed by atoms with van der Waals surface area (Å²) in [7, 11) is 0. The van der Waals surface area contributed by atoms with E-state index in [1.54, 1.807) is 0 Å². The van der Waals surface area contributed by atoms with Crippen molar-refractivity contribution in [2.24, 2.45) is 0 Å². The van der Waals surface area contributed by atoms with Crippen molar-refractivity contribution in [1.29, 1.82) is 0 Å². The molecule has 0 rings (SSSR count). The largest absolute Gasteiger partial charge is 0.358 e. The summed E-state index contributed by atoms with van der Waals surface area (Å²) in [6.07, 6.45) is 3.65. The number of hydrogen-bond acceptors (Lipinski definition) is 0. The summed E-state index contributed by atoms with van der Waals surface area (Å²) in [6.45, 7) is 5.85. The Bertz CT molecular complexity index is 11.7. The molecule has 0 aliphatic heterocycles. The molecule has 0 aliphatic rings. The van der Waals surface area contributed by atoms with Crippen LogP contribution in [0.25, 0.3) is 0 Å². The van der Waals surface area contributed by atoms with Gasteiger partial charge in [-0.2, -0.15) is 6.42 Å². The van der Waals surface area contributed by atoms with E-state index in [0.29, 0.717) is 0 Å². The SMILES string of the molecule is [CH2-]CCCC.[CH3-].[Y]. The Morgan fingerprint density at radius 1 is 1.43 bits per heavy atom. The maximum absolute atomic E-state index is 3.68. The van der Waals surface area contributed by atoms with E-state index >= 15 is 0 Å². The Hall–Kier alpha value is 1.10. The normalized spacial score (nSPS) is 6.00. The fraction of sp³-hybridized carbons (Fsp3) is 0.667. The molecule has 0 nitrogen and oxygen atoms in total. The minimum absolute atomic E-state index is 0. The average molecular weight is 175 g/mol. The summed E-state index contributed by atoms with van der Waals surface area (Å²) < 4.78 is 0. The van der Waals surface area contributed by atoms with Gasteiger partial charge in [-0.25, -0.2) is 0 Å². The topological polar surface area (TPSA) is 0 Å². The fourth-order valence-corrected chi connectivity index (χ4v) is 0.250. The molecule has 0 saturated carbocycles. The monoisotopic (exact) mass is 175 g/mol. The van der Waals surface area contributed by atoms with Crippen molar-refractivity contribution in [2.75, 3.05) is 0 Å². The van der Waals surface area contributed by atoms with Crippen LogP contribution >= 0.6 is 0 Å². The van der Waals surface area contributed by atoms with Crippen molar-refractivity contribution < 1.29 is 32.7 Å². The van der Waals surface area contributed by atoms with Gasteiger partial charge in [-0.05, 0) is 0 Å². The van der Waals surface area contributed by atoms with Gasteiger partial charge in [-0.15, -0.1) is 0 Å². The van der Waals surface area contributed by atoms with Crippen LogP contribution in [0.2, 0.25) is 0 Å². The summed E-state index contributed by atoms with van der Waals surface area (Å²) in [5.41, 5.74) is 0. The molecule has 1 radical (unpaired) electrons. The van der Waals surface area contributed by atoms with E-state index in [9.17, 15) is 0 Å². The third-order valence-corrected chi connectivity index (χ3v) is 0.604. The van der Waals surface area contributed by atoms with E-state index in [-0.39, 0.29) is 40.1 Å². The molecule has 0 spiro atoms. The molecule has 0 saturated heterocycles. The average Bonchev–Trinajstić information content (AvgIpc) is 1.41. The zero-order valence-electron chi connectivity index (χ0n) is 5.41. The zero-order valence-corrected chi connectivity index (χ0v) is 8.24. The standard InChI is InChI=1S/C5H11.CH3.Y/c1-3-5-4-2;;/h1,3-5H2,2H3;1H3;/q2*-1;. The van der Waals surface area contributed by atoms with Crippen LogP contribution in [-0.4, -0.2) is 0 Å². The van der Waals surface area contributed by atoms with Gasteiger partial charge < -0.3 is 14.4 Å². The second-order valence-electron chi connectivity index (χ2n) is 1.21. The Morgan fingerprint density at radius 3 is 1.86 bits per heavy atom. The van der Waals surface area contributed by atoms with Crippen LogP contribution in [0.3, 0.4) is 0 Å². The molecule has 0 amide bonds. The molecule has 0 aromatic heterocycles. The maximum atomic E-state index is 3.68. The molecular weight excluding hydrogens is 161 g/mol. The van der Waals surface area contributed by atoms with Crippen LogP contribution in [0, 0.1) is 14.4 Å². The molecule has 7 heavy (non-hydrogen) atoms. The van der Waals surface area contributed by atoms with Crippen LogP contribution in [0.5, 0.6) is 0 Å². The molecule has 0 aromatic carbocycles. The molecule has 0 atom stereocenters. The van der Waals surface area contributed by atoms with Crippen LogP contribution in [-0.2, 0) is 32.7 Å². The quantitative estimate of drug-likeness (QED) is 0.565. The number of rotatable bonds is 2. The third-order valence-electron chi connectivity index (χ3n) is 0.604. The van der Waals surface area contributed by atoms with Crippen molar-refractivity contribution in [3.05, 3.63) is 14.4 Å². The van der Waals surface area contributed by atoms with Crippen molar-refractivity contribution in [3.8, 4) is 0 Å². The molecule has 0 fully saturated rings. The first-order chi connectivity index (χ1) is 2.41. The number of unbranched alkanes of at least 4 members (excludes halogenated alkanes) is 2. The Labute approximate surface area is 73.0 Å². The minimum Gasteiger partial charge on any atom is -0.358 e. The Balaban J connectivity index is -0.0000000800. The first kappa shape index (κ1) is 15.7. The van der Waals surface area contributed by atoms with Crippen LogP contribution in [0.15, 0.2) is 0 Å². The molecule has 0 aromatic rings. The third kappa shape index (κ3) is 19.2. The van der Waals surface area contributed by atoms with E-state index in [1.807, 2.05) is 0 Å². The van der Waals surface area contributed by atoms with Gasteiger partial charge in [0.25, 0.3) is 0 Å². The fourth-order valence-electron chi connectivity index (χ4n) is 0.250. The van der Waals surface area contributed by atoms with Gasteiger partial charge in [-0.3, -0.25) is 0 Å². The summed E-state index contributed by atoms with van der Waals surface area (Å²) in [4.78, 5) is 0. The van der Waals surface area contributed by atoms with Crippen LogP contribution < -0.4 is 0 Å². The number of hydrogen-bond donors (Lipinski definition) is 0. The van der Waals surface area contributed by atoms with Crippen molar-refractivity contribution >= 4 is 0 Å². The predicted octanol–water partition coefficient (Wildman–Crippen LogP) is 2.46. The zero-order chi connectivity index (χ0) is 4.12. The van der Waals surface area contributed by atoms with Crippen LogP contribution in [0.4, 0.5) is 0 Å². The van der Waals surface area contributed by atoms with E-state index in [4.69, 9.17) is 0 Å². The van der Waals surface area contributed by atoms with Crippen molar-refractivity contribution in [3.63, 3.8) is 0 Å². The molecule has 0 N–H and O–H groups in total. The van der Waals surface area contributed by atoms with Crippen molar-refractivity contribution in [1.82, 2.24) is 0 Å². The van der Waals surface area contributed by atoms with E-state index in [2.05, 4.69) is 13.8 Å². The molecule has 43 valence electrons. The first-order valence-corrected chi connectivity index (χ1v) is 2.21. The second kappa shape index (κ2) is 15.7. The van der Waals surface area contributed by atoms with Crippen molar-refractivity contribution in [2.45, 2.75) is 26.2 Å². The molecule has 0 heterocycles. The van der Waals surface area contributed by atoms with E-state index < -0.39 is 0 Å². The van der Waals surface area contributed by atoms with Gasteiger partial charge in [0.1, 0.15) is 0 Å². The second-order valence-corrected chi connectivity index (χ2v) is 1.21. The van der Waals surface area contributed by atoms with E-state index in [1.165, 1.54) is 12.8 Å². The van der Waals surface area contributed by atoms with Gasteiger partial charge in [-0.1, -0.05) is 19.8 Å². The molecule has 1 heteroatoms. The maximum Gasteiger partial charge on any atom is 0 e. The molecule has 0 unspecified atom stereocenters. The van der Waals surface area contributed by atoms with Gasteiger partial charge >= 0.3 is 0 Å². The Morgan fingerprint density at radius 2 is 1.86 bits per heavy atom. The minimum atomic E-state index is 0. The molecular formula is C6H14Y-2. The van der Waals surface area contributed by atoms with E-state index in [0.717, 1.165) is 6.42 Å². The predicted molar refractivity (Wildman–Crippen MR) is 31.3 cm³/mol. The van der Waals surface area contributed by atoms with Gasteiger partial charge in [0.2, 0.25) is 0 Å². The van der Waals surface area contributed by atoms with Crippen LogP contribution in [0.1, 0.15) is 26.2 Å². The van der Waals surface area contributed by atoms with Gasteiger partial charge in [0, 0.05) is 32.7 Å². The molecule has 0 bridgehead atoms. The first-order valence-electron chi connectivity index (χ1n) is 2.21. The summed E-state index contributed by atoms with van der Waals surface area (Å²) in [5.74, 6) is 0. The summed E-state index contributed by atoms with van der Waals surface area (Å²) >= 11 is 0. The van der Waals surface area contributed by atoms with Gasteiger partial charge in [0.05, 0.1) is 0 Å². The summed E-state index contributed by atoms with van der Waals surface area (Å²) in [6, 6.07) is 0. The smallest absolute Gasteiger partial charge is 0 e. The van der Waals surface area contributed by atoms with Gasteiger partial charge in [0.15, 0.2) is 0 Å². The molecule has 0 aliphatic carbocycles. The Kier molecular flexibility index (Phi) is 35.2.